The highest BCUT2D eigenvalue weighted by Crippen LogP contribution is 2.27. The SMILES string of the molecule is COc1ccc(-c2noc(N3CCCC(C(=O)N4CCCCCC4)C3)n2)cc1. The van der Waals surface area contributed by atoms with Crippen molar-refractivity contribution in [1.82, 2.24) is 15.0 Å². The first-order valence-corrected chi connectivity index (χ1v) is 10.3. The van der Waals surface area contributed by atoms with Crippen molar-refractivity contribution in [3.8, 4) is 17.1 Å². The summed E-state index contributed by atoms with van der Waals surface area (Å²) < 4.78 is 10.7. The molecular weight excluding hydrogens is 356 g/mol. The Morgan fingerprint density at radius 2 is 1.82 bits per heavy atom. The van der Waals surface area contributed by atoms with Crippen LogP contribution in [0.2, 0.25) is 0 Å². The van der Waals surface area contributed by atoms with Crippen LogP contribution in [0.5, 0.6) is 5.75 Å². The summed E-state index contributed by atoms with van der Waals surface area (Å²) in [7, 11) is 1.64. The van der Waals surface area contributed by atoms with Gasteiger partial charge in [0.15, 0.2) is 0 Å². The largest absolute Gasteiger partial charge is 0.497 e. The van der Waals surface area contributed by atoms with E-state index in [-0.39, 0.29) is 5.92 Å². The van der Waals surface area contributed by atoms with Gasteiger partial charge in [0.1, 0.15) is 5.75 Å². The van der Waals surface area contributed by atoms with Gasteiger partial charge >= 0.3 is 6.01 Å². The van der Waals surface area contributed by atoms with E-state index in [9.17, 15) is 4.79 Å². The number of benzene rings is 1. The standard InChI is InChI=1S/C21H28N4O3/c1-27-18-10-8-16(9-11-18)19-22-21(28-23-19)25-14-6-7-17(15-25)20(26)24-12-4-2-3-5-13-24/h8-11,17H,2-7,12-15H2,1H3. The number of aromatic nitrogens is 2. The normalized spacial score (nSPS) is 20.7. The zero-order chi connectivity index (χ0) is 19.3. The summed E-state index contributed by atoms with van der Waals surface area (Å²) in [5, 5.41) is 4.13. The summed E-state index contributed by atoms with van der Waals surface area (Å²) in [5.41, 5.74) is 0.880. The van der Waals surface area contributed by atoms with Crippen LogP contribution in [0.25, 0.3) is 11.4 Å². The van der Waals surface area contributed by atoms with Crippen molar-refractivity contribution >= 4 is 11.9 Å². The monoisotopic (exact) mass is 384 g/mol. The minimum Gasteiger partial charge on any atom is -0.497 e. The van der Waals surface area contributed by atoms with Crippen molar-refractivity contribution in [2.45, 2.75) is 38.5 Å². The predicted octanol–water partition coefficient (Wildman–Crippen LogP) is 3.36. The molecule has 2 aliphatic rings. The van der Waals surface area contributed by atoms with Crippen LogP contribution >= 0.6 is 0 Å². The molecule has 2 aliphatic heterocycles. The molecule has 2 aromatic rings. The first-order chi connectivity index (χ1) is 13.7. The lowest BCUT2D eigenvalue weighted by Gasteiger charge is -2.33. The van der Waals surface area contributed by atoms with Gasteiger partial charge in [0.05, 0.1) is 13.0 Å². The number of hydrogen-bond donors (Lipinski definition) is 0. The fraction of sp³-hybridized carbons (Fsp3) is 0.571. The first-order valence-electron chi connectivity index (χ1n) is 10.3. The average molecular weight is 384 g/mol. The lowest BCUT2D eigenvalue weighted by molar-refractivity contribution is -0.135. The fourth-order valence-corrected chi connectivity index (χ4v) is 4.10. The Morgan fingerprint density at radius 3 is 2.54 bits per heavy atom. The van der Waals surface area contributed by atoms with Crippen molar-refractivity contribution in [1.29, 1.82) is 0 Å². The number of likely N-dealkylation sites (tertiary alicyclic amines) is 1. The Kier molecular flexibility index (Phi) is 5.78. The molecule has 2 fully saturated rings. The van der Waals surface area contributed by atoms with Crippen LogP contribution in [0.15, 0.2) is 28.8 Å². The maximum atomic E-state index is 13.0. The summed E-state index contributed by atoms with van der Waals surface area (Å²) in [5.74, 6) is 1.65. The number of nitrogens with zero attached hydrogens (tertiary/aromatic N) is 4. The summed E-state index contributed by atoms with van der Waals surface area (Å²) in [6.07, 6.45) is 6.61. The first kappa shape index (κ1) is 18.8. The number of carbonyl (C=O) groups is 1. The summed E-state index contributed by atoms with van der Waals surface area (Å²) >= 11 is 0. The lowest BCUT2D eigenvalue weighted by atomic mass is 9.96. The van der Waals surface area contributed by atoms with Gasteiger partial charge in [-0.25, -0.2) is 0 Å². The van der Waals surface area contributed by atoms with Crippen LogP contribution in [0.1, 0.15) is 38.5 Å². The predicted molar refractivity (Wildman–Crippen MR) is 106 cm³/mol. The second-order valence-corrected chi connectivity index (χ2v) is 7.65. The average Bonchev–Trinajstić information content (AvgIpc) is 3.09. The number of carbonyl (C=O) groups excluding carboxylic acids is 1. The van der Waals surface area contributed by atoms with Crippen molar-refractivity contribution in [3.05, 3.63) is 24.3 Å². The van der Waals surface area contributed by atoms with Crippen molar-refractivity contribution in [2.75, 3.05) is 38.2 Å². The van der Waals surface area contributed by atoms with Gasteiger partial charge in [-0.3, -0.25) is 4.79 Å². The zero-order valence-electron chi connectivity index (χ0n) is 16.5. The summed E-state index contributed by atoms with van der Waals surface area (Å²) in [6, 6.07) is 8.08. The van der Waals surface area contributed by atoms with Crippen LogP contribution in [0, 0.1) is 5.92 Å². The van der Waals surface area contributed by atoms with Crippen LogP contribution in [-0.2, 0) is 4.79 Å². The van der Waals surface area contributed by atoms with Crippen LogP contribution in [0.4, 0.5) is 6.01 Å². The van der Waals surface area contributed by atoms with Gasteiger partial charge < -0.3 is 19.1 Å². The van der Waals surface area contributed by atoms with E-state index in [1.54, 1.807) is 7.11 Å². The Labute approximate surface area is 165 Å². The quantitative estimate of drug-likeness (QED) is 0.805. The molecule has 1 aromatic carbocycles. The molecule has 28 heavy (non-hydrogen) atoms. The summed E-state index contributed by atoms with van der Waals surface area (Å²) in [6.45, 7) is 3.29. The Morgan fingerprint density at radius 1 is 1.07 bits per heavy atom. The molecular formula is C21H28N4O3. The molecule has 0 spiro atoms. The maximum Gasteiger partial charge on any atom is 0.324 e. The second-order valence-electron chi connectivity index (χ2n) is 7.65. The molecule has 0 N–H and O–H groups in total. The van der Waals surface area contributed by atoms with Gasteiger partial charge in [-0.15, -0.1) is 0 Å². The molecule has 3 heterocycles. The van der Waals surface area contributed by atoms with E-state index in [2.05, 4.69) is 19.9 Å². The van der Waals surface area contributed by atoms with Gasteiger partial charge in [0.2, 0.25) is 11.7 Å². The van der Waals surface area contributed by atoms with E-state index in [4.69, 9.17) is 9.26 Å². The van der Waals surface area contributed by atoms with Crippen LogP contribution < -0.4 is 9.64 Å². The number of ether oxygens (including phenoxy) is 1. The van der Waals surface area contributed by atoms with Crippen molar-refractivity contribution in [2.24, 2.45) is 5.92 Å². The second kappa shape index (κ2) is 8.63. The minimum absolute atomic E-state index is 0.0168. The Bertz CT molecular complexity index is 781. The molecule has 7 heteroatoms. The molecule has 0 bridgehead atoms. The highest BCUT2D eigenvalue weighted by Gasteiger charge is 2.31. The number of piperidine rings is 1. The van der Waals surface area contributed by atoms with Gasteiger partial charge in [-0.1, -0.05) is 18.0 Å². The van der Waals surface area contributed by atoms with E-state index < -0.39 is 0 Å². The highest BCUT2D eigenvalue weighted by molar-refractivity contribution is 5.79. The number of methoxy groups -OCH3 is 1. The molecule has 1 atom stereocenters. The summed E-state index contributed by atoms with van der Waals surface area (Å²) in [4.78, 5) is 21.7. The molecule has 0 saturated carbocycles. The molecule has 1 amide bonds. The number of anilines is 1. The number of rotatable bonds is 4. The topological polar surface area (TPSA) is 71.7 Å². The molecule has 0 radical (unpaired) electrons. The molecule has 1 unspecified atom stereocenters. The van der Waals surface area contributed by atoms with E-state index in [0.29, 0.717) is 24.3 Å². The number of hydrogen-bond acceptors (Lipinski definition) is 6. The number of amides is 1. The maximum absolute atomic E-state index is 13.0. The third-order valence-electron chi connectivity index (χ3n) is 5.72. The van der Waals surface area contributed by atoms with Crippen molar-refractivity contribution in [3.63, 3.8) is 0 Å². The minimum atomic E-state index is 0.0168. The van der Waals surface area contributed by atoms with Gasteiger partial charge in [0.25, 0.3) is 0 Å². The smallest absolute Gasteiger partial charge is 0.324 e. The highest BCUT2D eigenvalue weighted by atomic mass is 16.5. The van der Waals surface area contributed by atoms with E-state index >= 15 is 0 Å². The molecule has 150 valence electrons. The Balaban J connectivity index is 1.43. The third kappa shape index (κ3) is 4.13. The molecule has 2 saturated heterocycles. The molecule has 7 nitrogen and oxygen atoms in total. The van der Waals surface area contributed by atoms with Crippen LogP contribution in [-0.4, -0.2) is 54.2 Å². The molecule has 1 aromatic heterocycles. The van der Waals surface area contributed by atoms with E-state index in [1.807, 2.05) is 24.3 Å². The van der Waals surface area contributed by atoms with Crippen molar-refractivity contribution < 1.29 is 14.1 Å². The van der Waals surface area contributed by atoms with Crippen LogP contribution in [0.3, 0.4) is 0 Å². The van der Waals surface area contributed by atoms with E-state index in [0.717, 1.165) is 56.6 Å². The lowest BCUT2D eigenvalue weighted by Crippen LogP contribution is -2.45. The van der Waals surface area contributed by atoms with Gasteiger partial charge in [-0.05, 0) is 49.9 Å². The Hall–Kier alpha value is -2.57. The third-order valence-corrected chi connectivity index (χ3v) is 5.72. The van der Waals surface area contributed by atoms with Gasteiger partial charge in [-0.2, -0.15) is 4.98 Å². The molecule has 0 aliphatic carbocycles. The zero-order valence-corrected chi connectivity index (χ0v) is 16.5. The molecule has 4 rings (SSSR count). The van der Waals surface area contributed by atoms with E-state index in [1.165, 1.54) is 12.8 Å². The van der Waals surface area contributed by atoms with Gasteiger partial charge in [0, 0.05) is 31.7 Å². The fourth-order valence-electron chi connectivity index (χ4n) is 4.10.